The average Bonchev–Trinajstić information content (AvgIpc) is 3.25. The van der Waals surface area contributed by atoms with Gasteiger partial charge in [-0.15, -0.1) is 0 Å². The number of rotatable bonds is 7. The minimum atomic E-state index is -0.585. The van der Waals surface area contributed by atoms with Gasteiger partial charge in [-0.3, -0.25) is 9.59 Å². The highest BCUT2D eigenvalue weighted by Crippen LogP contribution is 2.21. The maximum atomic E-state index is 12.5. The van der Waals surface area contributed by atoms with Gasteiger partial charge in [0.15, 0.2) is 5.78 Å². The standard InChI is InChI=1S/C22H24N4O4/c1-13-20(22(29)30-4)18(25-21(13)14(2)27)11-19(28)24-17-7-5-16(6-8-17)12-26-10-9-23-15(26)3/h5-10,25H,11-12H2,1-4H3,(H,24,28). The molecule has 2 aromatic heterocycles. The number of carbonyl (C=O) groups is 3. The number of amides is 1. The summed E-state index contributed by atoms with van der Waals surface area (Å²) in [6.45, 7) is 5.69. The van der Waals surface area contributed by atoms with Crippen LogP contribution >= 0.6 is 0 Å². The number of Topliss-reactive ketones (excluding diaryl/α,β-unsaturated/α-hetero) is 1. The number of esters is 1. The summed E-state index contributed by atoms with van der Waals surface area (Å²) in [5.74, 6) is -0.180. The van der Waals surface area contributed by atoms with Gasteiger partial charge in [-0.05, 0) is 37.1 Å². The van der Waals surface area contributed by atoms with Gasteiger partial charge in [-0.25, -0.2) is 9.78 Å². The number of methoxy groups -OCH3 is 1. The molecule has 3 rings (SSSR count). The van der Waals surface area contributed by atoms with E-state index in [1.54, 1.807) is 13.1 Å². The van der Waals surface area contributed by atoms with Crippen LogP contribution in [0.15, 0.2) is 36.7 Å². The number of aromatic nitrogens is 3. The topological polar surface area (TPSA) is 106 Å². The molecule has 0 radical (unpaired) electrons. The first-order valence-electron chi connectivity index (χ1n) is 9.47. The quantitative estimate of drug-likeness (QED) is 0.462. The number of imidazole rings is 1. The second-order valence-corrected chi connectivity index (χ2v) is 7.05. The Morgan fingerprint density at radius 1 is 1.17 bits per heavy atom. The van der Waals surface area contributed by atoms with Crippen LogP contribution < -0.4 is 5.32 Å². The van der Waals surface area contributed by atoms with Crippen LogP contribution in [-0.4, -0.2) is 39.3 Å². The predicted molar refractivity (Wildman–Crippen MR) is 112 cm³/mol. The van der Waals surface area contributed by atoms with E-state index in [2.05, 4.69) is 15.3 Å². The fraction of sp³-hybridized carbons (Fsp3) is 0.273. The molecule has 0 fully saturated rings. The lowest BCUT2D eigenvalue weighted by atomic mass is 10.1. The molecule has 156 valence electrons. The van der Waals surface area contributed by atoms with Crippen molar-refractivity contribution in [1.82, 2.24) is 14.5 Å². The molecule has 0 saturated carbocycles. The summed E-state index contributed by atoms with van der Waals surface area (Å²) >= 11 is 0. The Morgan fingerprint density at radius 3 is 2.43 bits per heavy atom. The maximum absolute atomic E-state index is 12.5. The molecule has 2 N–H and O–H groups in total. The summed E-state index contributed by atoms with van der Waals surface area (Å²) in [7, 11) is 1.26. The minimum Gasteiger partial charge on any atom is -0.465 e. The monoisotopic (exact) mass is 408 g/mol. The van der Waals surface area contributed by atoms with E-state index in [9.17, 15) is 14.4 Å². The van der Waals surface area contributed by atoms with Gasteiger partial charge in [0.25, 0.3) is 0 Å². The van der Waals surface area contributed by atoms with Crippen molar-refractivity contribution >= 4 is 23.3 Å². The number of ether oxygens (including phenoxy) is 1. The van der Waals surface area contributed by atoms with Gasteiger partial charge in [-0.2, -0.15) is 0 Å². The first-order chi connectivity index (χ1) is 14.3. The number of aryl methyl sites for hydroxylation is 1. The predicted octanol–water partition coefficient (Wildman–Crippen LogP) is 3.05. The average molecular weight is 408 g/mol. The highest BCUT2D eigenvalue weighted by atomic mass is 16.5. The normalized spacial score (nSPS) is 10.7. The first kappa shape index (κ1) is 21.0. The van der Waals surface area contributed by atoms with Crippen molar-refractivity contribution in [2.75, 3.05) is 12.4 Å². The number of benzene rings is 1. The summed E-state index contributed by atoms with van der Waals surface area (Å²) in [5.41, 5.74) is 3.08. The van der Waals surface area contributed by atoms with E-state index < -0.39 is 5.97 Å². The Morgan fingerprint density at radius 2 is 1.87 bits per heavy atom. The molecule has 1 aromatic carbocycles. The van der Waals surface area contributed by atoms with E-state index in [1.165, 1.54) is 14.0 Å². The Kier molecular flexibility index (Phi) is 6.15. The fourth-order valence-electron chi connectivity index (χ4n) is 3.35. The van der Waals surface area contributed by atoms with E-state index in [0.29, 0.717) is 29.2 Å². The van der Waals surface area contributed by atoms with Crippen molar-refractivity contribution in [3.8, 4) is 0 Å². The number of nitrogens with one attached hydrogen (secondary N) is 2. The number of nitrogens with zero attached hydrogens (tertiary/aromatic N) is 2. The largest absolute Gasteiger partial charge is 0.465 e. The SMILES string of the molecule is COC(=O)c1c(CC(=O)Nc2ccc(Cn3ccnc3C)cc2)[nH]c(C(C)=O)c1C. The van der Waals surface area contributed by atoms with Crippen molar-refractivity contribution in [2.45, 2.75) is 33.7 Å². The van der Waals surface area contributed by atoms with Gasteiger partial charge < -0.3 is 19.6 Å². The van der Waals surface area contributed by atoms with Crippen LogP contribution in [-0.2, 0) is 22.5 Å². The van der Waals surface area contributed by atoms with Crippen molar-refractivity contribution in [3.63, 3.8) is 0 Å². The van der Waals surface area contributed by atoms with Gasteiger partial charge >= 0.3 is 5.97 Å². The van der Waals surface area contributed by atoms with E-state index in [4.69, 9.17) is 4.74 Å². The lowest BCUT2D eigenvalue weighted by molar-refractivity contribution is -0.115. The molecule has 0 aliphatic heterocycles. The third kappa shape index (κ3) is 4.48. The molecular formula is C22H24N4O4. The van der Waals surface area contributed by atoms with Crippen LogP contribution in [0.5, 0.6) is 0 Å². The molecule has 3 aromatic rings. The Bertz CT molecular complexity index is 1090. The van der Waals surface area contributed by atoms with Crippen LogP contribution in [0.3, 0.4) is 0 Å². The van der Waals surface area contributed by atoms with E-state index in [1.807, 2.05) is 42.0 Å². The third-order valence-corrected chi connectivity index (χ3v) is 4.92. The molecule has 0 spiro atoms. The smallest absolute Gasteiger partial charge is 0.339 e. The first-order valence-corrected chi connectivity index (χ1v) is 9.47. The van der Waals surface area contributed by atoms with E-state index in [0.717, 1.165) is 11.4 Å². The molecule has 8 nitrogen and oxygen atoms in total. The molecule has 2 heterocycles. The number of anilines is 1. The van der Waals surface area contributed by atoms with Gasteiger partial charge in [0.2, 0.25) is 5.91 Å². The van der Waals surface area contributed by atoms with Gasteiger partial charge in [0.05, 0.1) is 24.8 Å². The zero-order chi connectivity index (χ0) is 21.8. The fourth-order valence-corrected chi connectivity index (χ4v) is 3.35. The number of hydrogen-bond acceptors (Lipinski definition) is 5. The number of aromatic amines is 1. The molecule has 0 aliphatic rings. The summed E-state index contributed by atoms with van der Waals surface area (Å²) in [6, 6.07) is 7.51. The van der Waals surface area contributed by atoms with Gasteiger partial charge in [0, 0.05) is 37.2 Å². The van der Waals surface area contributed by atoms with Crippen LogP contribution in [0.2, 0.25) is 0 Å². The summed E-state index contributed by atoms with van der Waals surface area (Å²) < 4.78 is 6.84. The second kappa shape index (κ2) is 8.77. The lowest BCUT2D eigenvalue weighted by Crippen LogP contribution is -2.17. The van der Waals surface area contributed by atoms with Crippen LogP contribution in [0.1, 0.15) is 50.4 Å². The Labute approximate surface area is 174 Å². The zero-order valence-electron chi connectivity index (χ0n) is 17.4. The second-order valence-electron chi connectivity index (χ2n) is 7.05. The van der Waals surface area contributed by atoms with Crippen molar-refractivity contribution < 1.29 is 19.1 Å². The molecule has 0 bridgehead atoms. The Hall–Kier alpha value is -3.68. The van der Waals surface area contributed by atoms with Crippen molar-refractivity contribution in [3.05, 3.63) is 70.6 Å². The Balaban J connectivity index is 1.71. The highest BCUT2D eigenvalue weighted by Gasteiger charge is 2.24. The van der Waals surface area contributed by atoms with Crippen molar-refractivity contribution in [1.29, 1.82) is 0 Å². The number of carbonyl (C=O) groups excluding carboxylic acids is 3. The summed E-state index contributed by atoms with van der Waals surface area (Å²) in [5, 5.41) is 2.81. The maximum Gasteiger partial charge on any atom is 0.339 e. The molecule has 0 atom stereocenters. The molecule has 0 saturated heterocycles. The molecule has 8 heteroatoms. The van der Waals surface area contributed by atoms with Gasteiger partial charge in [-0.1, -0.05) is 12.1 Å². The zero-order valence-corrected chi connectivity index (χ0v) is 17.4. The number of ketones is 1. The molecular weight excluding hydrogens is 384 g/mol. The van der Waals surface area contributed by atoms with Crippen LogP contribution in [0, 0.1) is 13.8 Å². The number of hydrogen-bond donors (Lipinski definition) is 2. The molecule has 0 aliphatic carbocycles. The summed E-state index contributed by atoms with van der Waals surface area (Å²) in [6.07, 6.45) is 3.58. The van der Waals surface area contributed by atoms with Crippen LogP contribution in [0.4, 0.5) is 5.69 Å². The van der Waals surface area contributed by atoms with Gasteiger partial charge in [0.1, 0.15) is 5.82 Å². The summed E-state index contributed by atoms with van der Waals surface area (Å²) in [4.78, 5) is 43.6. The molecule has 1 amide bonds. The van der Waals surface area contributed by atoms with E-state index >= 15 is 0 Å². The molecule has 30 heavy (non-hydrogen) atoms. The highest BCUT2D eigenvalue weighted by molar-refractivity contribution is 6.02. The van der Waals surface area contributed by atoms with Crippen molar-refractivity contribution in [2.24, 2.45) is 0 Å². The van der Waals surface area contributed by atoms with E-state index in [-0.39, 0.29) is 23.7 Å². The molecule has 0 unspecified atom stereocenters. The van der Waals surface area contributed by atoms with Crippen LogP contribution in [0.25, 0.3) is 0 Å². The minimum absolute atomic E-state index is 0.0888. The number of H-pyrrole nitrogens is 1. The lowest BCUT2D eigenvalue weighted by Gasteiger charge is -2.09. The third-order valence-electron chi connectivity index (χ3n) is 4.92.